The SMILES string of the molecule is O=S(=O)(Cl)c1cc(F)ccc1OCCOC(F)(F)F. The standard InChI is InChI=1S/C9H7ClF4O4S/c10-19(15,16)8-5-6(11)1-2-7(8)17-3-4-18-9(12,13)14/h1-2,5H,3-4H2. The summed E-state index contributed by atoms with van der Waals surface area (Å²) in [6.07, 6.45) is -4.81. The van der Waals surface area contributed by atoms with E-state index >= 15 is 0 Å². The van der Waals surface area contributed by atoms with Gasteiger partial charge in [-0.2, -0.15) is 0 Å². The van der Waals surface area contributed by atoms with Crippen LogP contribution in [0.2, 0.25) is 0 Å². The van der Waals surface area contributed by atoms with Crippen LogP contribution in [0.25, 0.3) is 0 Å². The Bertz CT molecular complexity index is 544. The third kappa shape index (κ3) is 5.62. The first-order valence-corrected chi connectivity index (χ1v) is 6.98. The molecule has 0 radical (unpaired) electrons. The Morgan fingerprint density at radius 2 is 1.84 bits per heavy atom. The molecule has 108 valence electrons. The minimum Gasteiger partial charge on any atom is -0.490 e. The summed E-state index contributed by atoms with van der Waals surface area (Å²) in [6, 6.07) is 2.42. The Balaban J connectivity index is 2.74. The van der Waals surface area contributed by atoms with Crippen molar-refractivity contribution in [3.8, 4) is 5.75 Å². The Morgan fingerprint density at radius 3 is 2.37 bits per heavy atom. The first-order valence-electron chi connectivity index (χ1n) is 4.67. The number of rotatable bonds is 5. The average molecular weight is 323 g/mol. The Morgan fingerprint density at radius 1 is 1.21 bits per heavy atom. The summed E-state index contributed by atoms with van der Waals surface area (Å²) in [7, 11) is 0.758. The van der Waals surface area contributed by atoms with Gasteiger partial charge < -0.3 is 4.74 Å². The van der Waals surface area contributed by atoms with Crippen LogP contribution >= 0.6 is 10.7 Å². The third-order valence-corrected chi connectivity index (χ3v) is 3.12. The lowest BCUT2D eigenvalue weighted by Gasteiger charge is -2.11. The first kappa shape index (κ1) is 16.0. The van der Waals surface area contributed by atoms with Crippen LogP contribution in [-0.4, -0.2) is 28.0 Å². The summed E-state index contributed by atoms with van der Waals surface area (Å²) in [5, 5.41) is 0. The van der Waals surface area contributed by atoms with Crippen LogP contribution in [0.15, 0.2) is 23.1 Å². The van der Waals surface area contributed by atoms with Gasteiger partial charge in [0, 0.05) is 10.7 Å². The van der Waals surface area contributed by atoms with Gasteiger partial charge in [0.1, 0.15) is 23.1 Å². The van der Waals surface area contributed by atoms with Crippen molar-refractivity contribution < 1.29 is 35.5 Å². The van der Waals surface area contributed by atoms with Crippen molar-refractivity contribution in [2.75, 3.05) is 13.2 Å². The van der Waals surface area contributed by atoms with E-state index in [2.05, 4.69) is 4.74 Å². The minimum atomic E-state index is -4.81. The molecule has 0 aliphatic carbocycles. The van der Waals surface area contributed by atoms with Gasteiger partial charge in [-0.25, -0.2) is 12.8 Å². The predicted octanol–water partition coefficient (Wildman–Crippen LogP) is 2.67. The molecule has 0 amide bonds. The summed E-state index contributed by atoms with van der Waals surface area (Å²) < 4.78 is 78.2. The molecule has 0 saturated heterocycles. The smallest absolute Gasteiger partial charge is 0.490 e. The molecular formula is C9H7ClF4O4S. The molecule has 1 aromatic carbocycles. The zero-order valence-corrected chi connectivity index (χ0v) is 10.6. The molecule has 0 atom stereocenters. The number of alkyl halides is 3. The van der Waals surface area contributed by atoms with Crippen molar-refractivity contribution in [1.29, 1.82) is 0 Å². The minimum absolute atomic E-state index is 0.359. The van der Waals surface area contributed by atoms with Crippen LogP contribution in [0.5, 0.6) is 5.75 Å². The maximum atomic E-state index is 12.9. The van der Waals surface area contributed by atoms with E-state index in [-0.39, 0.29) is 5.75 Å². The van der Waals surface area contributed by atoms with Crippen LogP contribution in [0, 0.1) is 5.82 Å². The van der Waals surface area contributed by atoms with Crippen molar-refractivity contribution in [2.24, 2.45) is 0 Å². The third-order valence-electron chi connectivity index (χ3n) is 1.78. The lowest BCUT2D eigenvalue weighted by molar-refractivity contribution is -0.325. The van der Waals surface area contributed by atoms with Gasteiger partial charge in [0.2, 0.25) is 0 Å². The maximum Gasteiger partial charge on any atom is 0.522 e. The second kappa shape index (κ2) is 5.93. The van der Waals surface area contributed by atoms with Crippen molar-refractivity contribution >= 4 is 19.7 Å². The zero-order chi connectivity index (χ0) is 14.7. The lowest BCUT2D eigenvalue weighted by Crippen LogP contribution is -2.18. The Labute approximate surface area is 110 Å². The van der Waals surface area contributed by atoms with Gasteiger partial charge in [0.05, 0.1) is 6.61 Å². The molecule has 0 fully saturated rings. The normalized spacial score (nSPS) is 12.5. The van der Waals surface area contributed by atoms with E-state index < -0.39 is 39.3 Å². The average Bonchev–Trinajstić information content (AvgIpc) is 2.23. The fourth-order valence-corrected chi connectivity index (χ4v) is 2.08. The molecule has 1 aromatic rings. The van der Waals surface area contributed by atoms with E-state index in [9.17, 15) is 26.0 Å². The molecule has 0 aromatic heterocycles. The molecule has 0 N–H and O–H groups in total. The zero-order valence-electron chi connectivity index (χ0n) is 9.08. The quantitative estimate of drug-likeness (QED) is 0.475. The van der Waals surface area contributed by atoms with Gasteiger partial charge in [0.25, 0.3) is 9.05 Å². The van der Waals surface area contributed by atoms with Gasteiger partial charge in [-0.05, 0) is 18.2 Å². The van der Waals surface area contributed by atoms with Crippen LogP contribution in [0.1, 0.15) is 0 Å². The highest BCUT2D eigenvalue weighted by Crippen LogP contribution is 2.27. The van der Waals surface area contributed by atoms with Gasteiger partial charge in [-0.1, -0.05) is 0 Å². The van der Waals surface area contributed by atoms with Crippen LogP contribution in [0.4, 0.5) is 17.6 Å². The van der Waals surface area contributed by atoms with Crippen molar-refractivity contribution in [3.63, 3.8) is 0 Å². The predicted molar refractivity (Wildman–Crippen MR) is 56.9 cm³/mol. The molecule has 1 rings (SSSR count). The maximum absolute atomic E-state index is 12.9. The molecule has 10 heteroatoms. The van der Waals surface area contributed by atoms with Crippen LogP contribution in [-0.2, 0) is 13.8 Å². The molecule has 4 nitrogen and oxygen atoms in total. The molecule has 0 aliphatic heterocycles. The molecule has 0 bridgehead atoms. The van der Waals surface area contributed by atoms with Crippen molar-refractivity contribution in [2.45, 2.75) is 11.3 Å². The highest BCUT2D eigenvalue weighted by molar-refractivity contribution is 8.13. The molecule has 0 spiro atoms. The second-order valence-electron chi connectivity index (χ2n) is 3.17. The van der Waals surface area contributed by atoms with E-state index in [1.165, 1.54) is 0 Å². The lowest BCUT2D eigenvalue weighted by atomic mass is 10.3. The van der Waals surface area contributed by atoms with E-state index in [0.29, 0.717) is 6.07 Å². The first-order chi connectivity index (χ1) is 8.59. The highest BCUT2D eigenvalue weighted by Gasteiger charge is 2.28. The monoisotopic (exact) mass is 322 g/mol. The van der Waals surface area contributed by atoms with Gasteiger partial charge in [0.15, 0.2) is 0 Å². The van der Waals surface area contributed by atoms with E-state index in [1.54, 1.807) is 0 Å². The van der Waals surface area contributed by atoms with Crippen molar-refractivity contribution in [3.05, 3.63) is 24.0 Å². The molecule has 0 unspecified atom stereocenters. The molecule has 0 saturated carbocycles. The molecule has 19 heavy (non-hydrogen) atoms. The fraction of sp³-hybridized carbons (Fsp3) is 0.333. The Kier molecular flexibility index (Phi) is 4.99. The summed E-state index contributed by atoms with van der Waals surface area (Å²) in [6.45, 7) is -1.42. The van der Waals surface area contributed by atoms with E-state index in [0.717, 1.165) is 12.1 Å². The number of hydrogen-bond donors (Lipinski definition) is 0. The summed E-state index contributed by atoms with van der Waals surface area (Å²) in [5.74, 6) is -1.24. The number of halogens is 5. The molecular weight excluding hydrogens is 316 g/mol. The van der Waals surface area contributed by atoms with E-state index in [1.807, 2.05) is 0 Å². The fourth-order valence-electron chi connectivity index (χ4n) is 1.10. The van der Waals surface area contributed by atoms with Crippen LogP contribution < -0.4 is 4.74 Å². The summed E-state index contributed by atoms with van der Waals surface area (Å²) in [4.78, 5) is -0.666. The van der Waals surface area contributed by atoms with Gasteiger partial charge in [-0.3, -0.25) is 4.74 Å². The van der Waals surface area contributed by atoms with Gasteiger partial charge in [-0.15, -0.1) is 13.2 Å². The summed E-state index contributed by atoms with van der Waals surface area (Å²) in [5.41, 5.74) is 0. The van der Waals surface area contributed by atoms with Crippen LogP contribution in [0.3, 0.4) is 0 Å². The van der Waals surface area contributed by atoms with E-state index in [4.69, 9.17) is 15.4 Å². The topological polar surface area (TPSA) is 52.6 Å². The van der Waals surface area contributed by atoms with Crippen molar-refractivity contribution in [1.82, 2.24) is 0 Å². The Hall–Kier alpha value is -1.06. The highest BCUT2D eigenvalue weighted by atomic mass is 35.7. The largest absolute Gasteiger partial charge is 0.522 e. The van der Waals surface area contributed by atoms with Gasteiger partial charge >= 0.3 is 6.36 Å². The second-order valence-corrected chi connectivity index (χ2v) is 5.71. The number of hydrogen-bond acceptors (Lipinski definition) is 4. The summed E-state index contributed by atoms with van der Waals surface area (Å²) >= 11 is 0. The molecule has 0 aliphatic rings. The number of ether oxygens (including phenoxy) is 2. The number of benzene rings is 1. The molecule has 0 heterocycles.